The number of hydrogen-bond acceptors (Lipinski definition) is 4. The second-order valence-corrected chi connectivity index (χ2v) is 6.83. The molecule has 2 aromatic rings. The van der Waals surface area contributed by atoms with E-state index in [0.29, 0.717) is 12.1 Å². The summed E-state index contributed by atoms with van der Waals surface area (Å²) in [4.78, 5) is 22.9. The number of aliphatic carboxylic acids is 1. The van der Waals surface area contributed by atoms with E-state index in [0.717, 1.165) is 12.8 Å². The summed E-state index contributed by atoms with van der Waals surface area (Å²) in [5.41, 5.74) is 1.49. The predicted molar refractivity (Wildman–Crippen MR) is 111 cm³/mol. The van der Waals surface area contributed by atoms with Gasteiger partial charge in [-0.2, -0.15) is 5.26 Å². The number of amides is 1. The molecule has 0 radical (unpaired) electrons. The maximum Gasteiger partial charge on any atom is 0.341 e. The number of benzene rings is 2. The van der Waals surface area contributed by atoms with Crippen LogP contribution in [0.2, 0.25) is 10.0 Å². The molecule has 2 rings (SSSR count). The lowest BCUT2D eigenvalue weighted by Crippen LogP contribution is -2.25. The van der Waals surface area contributed by atoms with Crippen molar-refractivity contribution in [1.82, 2.24) is 5.32 Å². The van der Waals surface area contributed by atoms with Gasteiger partial charge in [0, 0.05) is 6.54 Å². The number of carbonyl (C=O) groups is 2. The van der Waals surface area contributed by atoms with Crippen molar-refractivity contribution in [2.45, 2.75) is 12.8 Å². The molecular weight excluding hydrogens is 415 g/mol. The number of carboxylic acids is 1. The summed E-state index contributed by atoms with van der Waals surface area (Å²) in [6, 6.07) is 14.6. The Hall–Kier alpha value is -3.01. The number of aryl methyl sites for hydroxylation is 1. The van der Waals surface area contributed by atoms with Gasteiger partial charge in [-0.1, -0.05) is 53.5 Å². The van der Waals surface area contributed by atoms with E-state index < -0.39 is 18.5 Å². The van der Waals surface area contributed by atoms with Crippen LogP contribution in [0, 0.1) is 11.3 Å². The van der Waals surface area contributed by atoms with Gasteiger partial charge in [-0.25, -0.2) is 4.79 Å². The fourth-order valence-corrected chi connectivity index (χ4v) is 3.10. The summed E-state index contributed by atoms with van der Waals surface area (Å²) in [5, 5.41) is 20.8. The number of carboxylic acid groups (broad SMARTS) is 1. The maximum absolute atomic E-state index is 12.2. The lowest BCUT2D eigenvalue weighted by Gasteiger charge is -2.09. The normalized spacial score (nSPS) is 10.9. The Morgan fingerprint density at radius 3 is 2.41 bits per heavy atom. The van der Waals surface area contributed by atoms with Gasteiger partial charge in [0.05, 0.1) is 10.0 Å². The molecular formula is C21H18Cl2N2O4. The summed E-state index contributed by atoms with van der Waals surface area (Å²) < 4.78 is 5.04. The van der Waals surface area contributed by atoms with Crippen molar-refractivity contribution in [3.8, 4) is 11.8 Å². The minimum atomic E-state index is -1.17. The topological polar surface area (TPSA) is 99.4 Å². The number of hydrogen-bond donors (Lipinski definition) is 2. The molecule has 0 unspecified atom stereocenters. The summed E-state index contributed by atoms with van der Waals surface area (Å²) in [6.45, 7) is -0.167. The molecule has 1 amide bonds. The second kappa shape index (κ2) is 11.1. The van der Waals surface area contributed by atoms with Crippen LogP contribution in [0.1, 0.15) is 17.5 Å². The SMILES string of the molecule is N#C/C(=C/c1cc(Cl)c(OCC(=O)O)c(Cl)c1)C(=O)NCCCc1ccccc1. The molecule has 0 aliphatic heterocycles. The van der Waals surface area contributed by atoms with Gasteiger partial charge in [0.15, 0.2) is 12.4 Å². The fourth-order valence-electron chi connectivity index (χ4n) is 2.48. The maximum atomic E-state index is 12.2. The van der Waals surface area contributed by atoms with Crippen LogP contribution in [0.3, 0.4) is 0 Å². The molecule has 0 aromatic heterocycles. The zero-order valence-corrected chi connectivity index (χ0v) is 16.8. The van der Waals surface area contributed by atoms with E-state index in [9.17, 15) is 14.9 Å². The lowest BCUT2D eigenvalue weighted by atomic mass is 10.1. The monoisotopic (exact) mass is 432 g/mol. The van der Waals surface area contributed by atoms with Gasteiger partial charge in [0.1, 0.15) is 11.6 Å². The zero-order chi connectivity index (χ0) is 21.2. The number of nitriles is 1. The first-order valence-corrected chi connectivity index (χ1v) is 9.44. The number of nitrogens with zero attached hydrogens (tertiary/aromatic N) is 1. The average molecular weight is 433 g/mol. The Bertz CT molecular complexity index is 930. The van der Waals surface area contributed by atoms with Crippen LogP contribution in [-0.4, -0.2) is 30.1 Å². The van der Waals surface area contributed by atoms with Gasteiger partial charge in [0.25, 0.3) is 5.91 Å². The highest BCUT2D eigenvalue weighted by Gasteiger charge is 2.13. The van der Waals surface area contributed by atoms with E-state index >= 15 is 0 Å². The second-order valence-electron chi connectivity index (χ2n) is 6.01. The first kappa shape index (κ1) is 22.3. The summed E-state index contributed by atoms with van der Waals surface area (Å²) >= 11 is 12.1. The van der Waals surface area contributed by atoms with Gasteiger partial charge < -0.3 is 15.2 Å². The van der Waals surface area contributed by atoms with Gasteiger partial charge in [-0.05, 0) is 42.2 Å². The predicted octanol–water partition coefficient (Wildman–Crippen LogP) is 4.11. The van der Waals surface area contributed by atoms with Crippen molar-refractivity contribution in [2.75, 3.05) is 13.2 Å². The molecule has 2 aromatic carbocycles. The van der Waals surface area contributed by atoms with E-state index in [1.54, 1.807) is 0 Å². The molecule has 6 nitrogen and oxygen atoms in total. The molecule has 0 bridgehead atoms. The van der Waals surface area contributed by atoms with Crippen LogP contribution < -0.4 is 10.1 Å². The number of nitrogens with one attached hydrogen (secondary N) is 1. The van der Waals surface area contributed by atoms with E-state index in [4.69, 9.17) is 33.0 Å². The number of carbonyl (C=O) groups excluding carboxylic acids is 1. The molecule has 29 heavy (non-hydrogen) atoms. The highest BCUT2D eigenvalue weighted by molar-refractivity contribution is 6.37. The minimum absolute atomic E-state index is 0.0248. The van der Waals surface area contributed by atoms with Crippen LogP contribution in [0.5, 0.6) is 5.75 Å². The van der Waals surface area contributed by atoms with Crippen LogP contribution in [0.25, 0.3) is 6.08 Å². The fraction of sp³-hybridized carbons (Fsp3) is 0.190. The molecule has 0 aliphatic carbocycles. The first-order valence-electron chi connectivity index (χ1n) is 8.68. The number of halogens is 2. The van der Waals surface area contributed by atoms with Gasteiger partial charge in [-0.15, -0.1) is 0 Å². The first-order chi connectivity index (χ1) is 13.9. The molecule has 0 spiro atoms. The van der Waals surface area contributed by atoms with Crippen LogP contribution >= 0.6 is 23.2 Å². The van der Waals surface area contributed by atoms with Gasteiger partial charge >= 0.3 is 5.97 Å². The number of rotatable bonds is 9. The lowest BCUT2D eigenvalue weighted by molar-refractivity contribution is -0.139. The standard InChI is InChI=1S/C21H18Cl2N2O4/c22-17-10-15(11-18(23)20(17)29-13-19(26)27)9-16(12-24)21(28)25-8-4-7-14-5-2-1-3-6-14/h1-3,5-6,9-11H,4,7-8,13H2,(H,25,28)(H,26,27)/b16-9-. The largest absolute Gasteiger partial charge is 0.479 e. The number of ether oxygens (including phenoxy) is 1. The van der Waals surface area contributed by atoms with E-state index in [2.05, 4.69) is 5.32 Å². The molecule has 0 saturated carbocycles. The molecule has 2 N–H and O–H groups in total. The summed E-state index contributed by atoms with van der Waals surface area (Å²) in [6.07, 6.45) is 2.91. The summed E-state index contributed by atoms with van der Waals surface area (Å²) in [7, 11) is 0. The Morgan fingerprint density at radius 2 is 1.83 bits per heavy atom. The Labute approximate surface area is 178 Å². The van der Waals surface area contributed by atoms with Crippen molar-refractivity contribution in [1.29, 1.82) is 5.26 Å². The van der Waals surface area contributed by atoms with Crippen molar-refractivity contribution in [3.63, 3.8) is 0 Å². The van der Waals surface area contributed by atoms with Crippen LogP contribution in [0.4, 0.5) is 0 Å². The van der Waals surface area contributed by atoms with Gasteiger partial charge in [-0.3, -0.25) is 4.79 Å². The average Bonchev–Trinajstić information content (AvgIpc) is 2.69. The Kier molecular flexibility index (Phi) is 8.53. The highest BCUT2D eigenvalue weighted by Crippen LogP contribution is 2.34. The van der Waals surface area contributed by atoms with Crippen molar-refractivity contribution in [2.24, 2.45) is 0 Å². The van der Waals surface area contributed by atoms with Crippen molar-refractivity contribution < 1.29 is 19.4 Å². The molecule has 8 heteroatoms. The highest BCUT2D eigenvalue weighted by atomic mass is 35.5. The zero-order valence-electron chi connectivity index (χ0n) is 15.3. The third-order valence-electron chi connectivity index (χ3n) is 3.81. The smallest absolute Gasteiger partial charge is 0.341 e. The third kappa shape index (κ3) is 7.15. The van der Waals surface area contributed by atoms with E-state index in [-0.39, 0.29) is 21.4 Å². The minimum Gasteiger partial charge on any atom is -0.479 e. The Morgan fingerprint density at radius 1 is 1.17 bits per heavy atom. The van der Waals surface area contributed by atoms with E-state index in [1.807, 2.05) is 36.4 Å². The van der Waals surface area contributed by atoms with Gasteiger partial charge in [0.2, 0.25) is 0 Å². The van der Waals surface area contributed by atoms with Crippen LogP contribution in [-0.2, 0) is 16.0 Å². The molecule has 0 aliphatic rings. The molecule has 150 valence electrons. The van der Waals surface area contributed by atoms with Crippen molar-refractivity contribution in [3.05, 3.63) is 69.2 Å². The molecule has 0 heterocycles. The molecule has 0 atom stereocenters. The summed E-state index contributed by atoms with van der Waals surface area (Å²) in [5.74, 6) is -1.65. The van der Waals surface area contributed by atoms with E-state index in [1.165, 1.54) is 23.8 Å². The Balaban J connectivity index is 1.99. The third-order valence-corrected chi connectivity index (χ3v) is 4.37. The molecule has 0 saturated heterocycles. The quantitative estimate of drug-likeness (QED) is 0.352. The van der Waals surface area contributed by atoms with Crippen LogP contribution in [0.15, 0.2) is 48.0 Å². The molecule has 0 fully saturated rings. The van der Waals surface area contributed by atoms with Crippen molar-refractivity contribution >= 4 is 41.2 Å².